The Morgan fingerprint density at radius 2 is 1.96 bits per heavy atom. The molecule has 13 heteroatoms. The van der Waals surface area contributed by atoms with Crippen LogP contribution in [0.4, 0.5) is 13.2 Å². The van der Waals surface area contributed by atoms with Crippen molar-refractivity contribution in [2.24, 2.45) is 4.99 Å². The second kappa shape index (κ2) is 7.57. The van der Waals surface area contributed by atoms with Crippen molar-refractivity contribution in [1.29, 1.82) is 0 Å². The maximum Gasteiger partial charge on any atom is 0.471 e. The van der Waals surface area contributed by atoms with E-state index < -0.39 is 32.3 Å². The minimum atomic E-state index is -4.88. The Kier molecular flexibility index (Phi) is 5.50. The molecule has 3 rings (SSSR count). The average Bonchev–Trinajstić information content (AvgIpc) is 2.95. The Bertz CT molecular complexity index is 1140. The zero-order valence-corrected chi connectivity index (χ0v) is 15.4. The Hall–Kier alpha value is -2.37. The molecule has 0 saturated heterocycles. The molecule has 0 fully saturated rings. The number of halogens is 3. The van der Waals surface area contributed by atoms with Gasteiger partial charge in [-0.1, -0.05) is 29.5 Å². The molecular formula is C15H11F3N3O5PS. The highest BCUT2D eigenvalue weighted by Crippen LogP contribution is 2.36. The van der Waals surface area contributed by atoms with Crippen molar-refractivity contribution in [1.82, 2.24) is 9.55 Å². The number of alkyl halides is 3. The van der Waals surface area contributed by atoms with Crippen molar-refractivity contribution in [3.8, 4) is 0 Å². The van der Waals surface area contributed by atoms with E-state index in [0.29, 0.717) is 0 Å². The zero-order chi connectivity index (χ0) is 20.5. The van der Waals surface area contributed by atoms with Gasteiger partial charge < -0.3 is 9.79 Å². The molecule has 0 atom stereocenters. The smallest absolute Gasteiger partial charge is 0.303 e. The Morgan fingerprint density at radius 1 is 1.29 bits per heavy atom. The molecule has 3 aromatic rings. The van der Waals surface area contributed by atoms with Crippen molar-refractivity contribution in [2.75, 3.05) is 0 Å². The second-order valence-electron chi connectivity index (χ2n) is 5.38. The van der Waals surface area contributed by atoms with E-state index >= 15 is 0 Å². The van der Waals surface area contributed by atoms with E-state index in [4.69, 9.17) is 9.79 Å². The highest BCUT2D eigenvalue weighted by Gasteiger charge is 2.33. The number of rotatable bonds is 4. The van der Waals surface area contributed by atoms with Gasteiger partial charge in [-0.15, -0.1) is 0 Å². The van der Waals surface area contributed by atoms with Crippen LogP contribution < -0.4 is 4.80 Å². The molecule has 1 amide bonds. The summed E-state index contributed by atoms with van der Waals surface area (Å²) in [7, 11) is -4.88. The average molecular weight is 433 g/mol. The lowest BCUT2D eigenvalue weighted by Gasteiger charge is -2.08. The van der Waals surface area contributed by atoms with Crippen LogP contribution in [0.5, 0.6) is 0 Å². The Labute approximate surface area is 158 Å². The Morgan fingerprint density at radius 3 is 2.57 bits per heavy atom. The number of benzene rings is 1. The molecule has 0 saturated carbocycles. The van der Waals surface area contributed by atoms with Crippen molar-refractivity contribution in [3.63, 3.8) is 0 Å². The molecule has 0 bridgehead atoms. The van der Waals surface area contributed by atoms with Gasteiger partial charge in [0, 0.05) is 5.56 Å². The number of amides is 1. The maximum absolute atomic E-state index is 12.9. The fourth-order valence-corrected chi connectivity index (χ4v) is 3.49. The monoisotopic (exact) mass is 433 g/mol. The number of thiazole rings is 1. The minimum Gasteiger partial charge on any atom is -0.303 e. The van der Waals surface area contributed by atoms with Gasteiger partial charge >= 0.3 is 14.0 Å². The summed E-state index contributed by atoms with van der Waals surface area (Å²) in [5.41, 5.74) is -0.840. The lowest BCUT2D eigenvalue weighted by atomic mass is 10.2. The predicted molar refractivity (Wildman–Crippen MR) is 92.1 cm³/mol. The molecule has 0 radical (unpaired) electrons. The SMILES string of the molecule is O=C(/N=c1\sc2cc(C(F)(F)F)ncc2n1COP(=O)(O)O)c1ccccc1. The first kappa shape index (κ1) is 20.4. The molecule has 0 aliphatic heterocycles. The molecular weight excluding hydrogens is 422 g/mol. The van der Waals surface area contributed by atoms with Crippen molar-refractivity contribution >= 4 is 35.3 Å². The molecule has 148 valence electrons. The standard InChI is InChI=1S/C15H11F3N3O5PS/c16-15(17,18)12-6-11-10(7-19-12)21(8-26-27(23,24)25)14(28-11)20-13(22)9-4-2-1-3-5-9/h1-7H,8H2,(H2,23,24,25)/b20-14-. The van der Waals surface area contributed by atoms with Gasteiger partial charge in [-0.05, 0) is 18.2 Å². The summed E-state index contributed by atoms with van der Waals surface area (Å²) in [4.78, 5) is 37.2. The van der Waals surface area contributed by atoms with E-state index in [1.165, 1.54) is 12.1 Å². The number of nitrogens with zero attached hydrogens (tertiary/aromatic N) is 3. The van der Waals surface area contributed by atoms with Gasteiger partial charge in [0.15, 0.2) is 4.80 Å². The quantitative estimate of drug-likeness (QED) is 0.612. The van der Waals surface area contributed by atoms with Gasteiger partial charge in [0.25, 0.3) is 5.91 Å². The first-order valence-corrected chi connectivity index (χ1v) is 9.80. The van der Waals surface area contributed by atoms with Gasteiger partial charge in [-0.3, -0.25) is 13.9 Å². The predicted octanol–water partition coefficient (Wildman–Crippen LogP) is 2.92. The normalized spacial score (nSPS) is 13.2. The van der Waals surface area contributed by atoms with Gasteiger partial charge in [-0.2, -0.15) is 18.2 Å². The third-order valence-electron chi connectivity index (χ3n) is 3.43. The number of hydrogen-bond acceptors (Lipinski definition) is 5. The number of pyridine rings is 1. The van der Waals surface area contributed by atoms with Crippen LogP contribution >= 0.6 is 19.2 Å². The van der Waals surface area contributed by atoms with E-state index in [2.05, 4.69) is 14.5 Å². The fourth-order valence-electron chi connectivity index (χ4n) is 2.20. The van der Waals surface area contributed by atoms with Crippen LogP contribution in [0.1, 0.15) is 16.1 Å². The number of hydrogen-bond donors (Lipinski definition) is 2. The summed E-state index contributed by atoms with van der Waals surface area (Å²) >= 11 is 0.730. The van der Waals surface area contributed by atoms with Crippen molar-refractivity contribution in [2.45, 2.75) is 12.9 Å². The molecule has 0 unspecified atom stereocenters. The number of phosphoric acid groups is 1. The summed E-state index contributed by atoms with van der Waals surface area (Å²) in [5, 5.41) is 0. The fraction of sp³-hybridized carbons (Fsp3) is 0.133. The largest absolute Gasteiger partial charge is 0.471 e. The Balaban J connectivity index is 2.14. The highest BCUT2D eigenvalue weighted by atomic mass is 32.1. The topological polar surface area (TPSA) is 114 Å². The lowest BCUT2D eigenvalue weighted by molar-refractivity contribution is -0.141. The first-order chi connectivity index (χ1) is 13.0. The van der Waals surface area contributed by atoms with Crippen molar-refractivity contribution in [3.05, 3.63) is 58.7 Å². The summed E-state index contributed by atoms with van der Waals surface area (Å²) < 4.78 is 55.2. The van der Waals surface area contributed by atoms with Crippen LogP contribution in [0.25, 0.3) is 10.2 Å². The number of carbonyl (C=O) groups is 1. The van der Waals surface area contributed by atoms with Crippen molar-refractivity contribution < 1.29 is 36.8 Å². The van der Waals surface area contributed by atoms with Crippen LogP contribution in [0.3, 0.4) is 0 Å². The van der Waals surface area contributed by atoms with Gasteiger partial charge in [0.05, 0.1) is 16.4 Å². The molecule has 2 N–H and O–H groups in total. The third-order valence-corrected chi connectivity index (χ3v) is 4.93. The van der Waals surface area contributed by atoms with E-state index in [1.54, 1.807) is 18.2 Å². The molecule has 1 aromatic carbocycles. The number of carbonyl (C=O) groups excluding carboxylic acids is 1. The van der Waals surface area contributed by atoms with E-state index in [1.807, 2.05) is 0 Å². The molecule has 2 heterocycles. The van der Waals surface area contributed by atoms with E-state index in [9.17, 15) is 22.5 Å². The molecule has 2 aromatic heterocycles. The molecule has 0 spiro atoms. The molecule has 28 heavy (non-hydrogen) atoms. The third kappa shape index (κ3) is 4.72. The number of fused-ring (bicyclic) bond motifs is 1. The van der Waals surface area contributed by atoms with Crippen LogP contribution in [-0.2, 0) is 22.0 Å². The van der Waals surface area contributed by atoms with Gasteiger partial charge in [0.1, 0.15) is 12.4 Å². The molecule has 0 aliphatic carbocycles. The summed E-state index contributed by atoms with van der Waals surface area (Å²) in [6.45, 7) is -0.738. The van der Waals surface area contributed by atoms with Crippen LogP contribution in [0.15, 0.2) is 47.6 Å². The van der Waals surface area contributed by atoms with Crippen LogP contribution in [-0.4, -0.2) is 25.2 Å². The summed E-state index contributed by atoms with van der Waals surface area (Å²) in [6, 6.07) is 8.67. The summed E-state index contributed by atoms with van der Waals surface area (Å²) in [5.74, 6) is -0.680. The minimum absolute atomic E-state index is 0.0660. The van der Waals surface area contributed by atoms with Crippen LogP contribution in [0.2, 0.25) is 0 Å². The second-order valence-corrected chi connectivity index (χ2v) is 7.63. The number of aromatic nitrogens is 2. The lowest BCUT2D eigenvalue weighted by Crippen LogP contribution is -2.18. The summed E-state index contributed by atoms with van der Waals surface area (Å²) in [6.07, 6.45) is -3.80. The zero-order valence-electron chi connectivity index (χ0n) is 13.7. The maximum atomic E-state index is 12.9. The first-order valence-electron chi connectivity index (χ1n) is 7.45. The van der Waals surface area contributed by atoms with Gasteiger partial charge in [0.2, 0.25) is 0 Å². The van der Waals surface area contributed by atoms with Crippen LogP contribution in [0, 0.1) is 0 Å². The van der Waals surface area contributed by atoms with E-state index in [-0.39, 0.29) is 20.6 Å². The molecule has 0 aliphatic rings. The number of phosphoric ester groups is 1. The molecule has 8 nitrogen and oxygen atoms in total. The van der Waals surface area contributed by atoms with Gasteiger partial charge in [-0.25, -0.2) is 9.55 Å². The van der Waals surface area contributed by atoms with E-state index in [0.717, 1.165) is 28.2 Å². The highest BCUT2D eigenvalue weighted by molar-refractivity contribution is 7.46.